The Hall–Kier alpha value is -0.903. The number of hydrogen-bond acceptors (Lipinski definition) is 2. The van der Waals surface area contributed by atoms with Crippen LogP contribution in [0.1, 0.15) is 8.22 Å². The highest BCUT2D eigenvalue weighted by molar-refractivity contribution is 6.72. The predicted molar refractivity (Wildman–Crippen MR) is 63.8 cm³/mol. The van der Waals surface area contributed by atoms with Gasteiger partial charge in [0, 0.05) is 25.2 Å². The summed E-state index contributed by atoms with van der Waals surface area (Å²) in [5, 5.41) is 0. The van der Waals surface area contributed by atoms with Crippen molar-refractivity contribution < 1.29 is 17.1 Å². The van der Waals surface area contributed by atoms with Crippen molar-refractivity contribution in [2.45, 2.75) is 11.1 Å². The fraction of sp³-hybridized carbons (Fsp3) is 0.333. The second-order valence-electron chi connectivity index (χ2n) is 3.52. The standard InChI is InChI=1S/C12H16O2Si/c1-13-15(14-2,11-7-3-4-8-11)12-9-5-6-10-12/h3-12H,1-2H3/i1D3,2D3. The molecule has 0 heterocycles. The summed E-state index contributed by atoms with van der Waals surface area (Å²) in [6, 6.07) is 0. The normalized spacial score (nSPS) is 28.5. The summed E-state index contributed by atoms with van der Waals surface area (Å²) in [4.78, 5) is 0. The Bertz CT molecular complexity index is 433. The van der Waals surface area contributed by atoms with Crippen LogP contribution >= 0.6 is 0 Å². The van der Waals surface area contributed by atoms with Crippen molar-refractivity contribution in [2.75, 3.05) is 14.1 Å². The van der Waals surface area contributed by atoms with E-state index in [9.17, 15) is 0 Å². The monoisotopic (exact) mass is 226 g/mol. The molecular weight excluding hydrogens is 204 g/mol. The molecule has 0 atom stereocenters. The Kier molecular flexibility index (Phi) is 1.56. The molecule has 0 saturated heterocycles. The second kappa shape index (κ2) is 4.31. The molecular formula is C12H16O2Si. The Labute approximate surface area is 100 Å². The van der Waals surface area contributed by atoms with Gasteiger partial charge in [0.2, 0.25) is 0 Å². The molecule has 2 aliphatic carbocycles. The average molecular weight is 226 g/mol. The molecule has 0 aliphatic heterocycles. The van der Waals surface area contributed by atoms with E-state index in [-0.39, 0.29) is 0 Å². The number of hydrogen-bond donors (Lipinski definition) is 0. The van der Waals surface area contributed by atoms with E-state index in [0.29, 0.717) is 0 Å². The van der Waals surface area contributed by atoms with E-state index in [1.807, 2.05) is 0 Å². The first-order valence-electron chi connectivity index (χ1n) is 7.73. The van der Waals surface area contributed by atoms with Gasteiger partial charge >= 0.3 is 8.56 Å². The summed E-state index contributed by atoms with van der Waals surface area (Å²) in [6.07, 6.45) is 13.9. The molecule has 2 rings (SSSR count). The van der Waals surface area contributed by atoms with Gasteiger partial charge in [-0.3, -0.25) is 0 Å². The summed E-state index contributed by atoms with van der Waals surface area (Å²) in [6.45, 7) is 0. The van der Waals surface area contributed by atoms with Crippen LogP contribution in [0.4, 0.5) is 0 Å². The van der Waals surface area contributed by atoms with Crippen LogP contribution in [0, 0.1) is 0 Å². The zero-order valence-corrected chi connectivity index (χ0v) is 9.09. The molecule has 2 nitrogen and oxygen atoms in total. The van der Waals surface area contributed by atoms with Gasteiger partial charge < -0.3 is 8.85 Å². The van der Waals surface area contributed by atoms with E-state index >= 15 is 0 Å². The van der Waals surface area contributed by atoms with Crippen LogP contribution in [-0.2, 0) is 8.85 Å². The van der Waals surface area contributed by atoms with Gasteiger partial charge in [-0.15, -0.1) is 0 Å². The maximum absolute atomic E-state index is 7.41. The lowest BCUT2D eigenvalue weighted by Gasteiger charge is -2.34. The summed E-state index contributed by atoms with van der Waals surface area (Å²) in [5.41, 5.74) is -0.952. The third-order valence-corrected chi connectivity index (χ3v) is 6.01. The predicted octanol–water partition coefficient (Wildman–Crippen LogP) is 2.71. The van der Waals surface area contributed by atoms with E-state index in [1.165, 1.54) is 0 Å². The highest BCUT2D eigenvalue weighted by Gasteiger charge is 2.48. The lowest BCUT2D eigenvalue weighted by atomic mass is 10.4. The lowest BCUT2D eigenvalue weighted by molar-refractivity contribution is 0.236. The van der Waals surface area contributed by atoms with Crippen LogP contribution in [0.25, 0.3) is 0 Å². The van der Waals surface area contributed by atoms with Gasteiger partial charge in [0.05, 0.1) is 8.22 Å². The highest BCUT2D eigenvalue weighted by atomic mass is 28.4. The van der Waals surface area contributed by atoms with E-state index in [2.05, 4.69) is 0 Å². The molecule has 0 fully saturated rings. The molecule has 80 valence electrons. The first kappa shape index (κ1) is 5.43. The number of rotatable bonds is 4. The zero-order chi connectivity index (χ0) is 15.7. The molecule has 0 unspecified atom stereocenters. The summed E-state index contributed by atoms with van der Waals surface area (Å²) < 4.78 is 55.1. The van der Waals surface area contributed by atoms with Crippen LogP contribution in [-0.4, -0.2) is 22.6 Å². The fourth-order valence-electron chi connectivity index (χ4n) is 1.92. The van der Waals surface area contributed by atoms with E-state index in [1.54, 1.807) is 48.6 Å². The largest absolute Gasteiger partial charge is 0.397 e. The molecule has 0 aromatic heterocycles. The van der Waals surface area contributed by atoms with Crippen molar-refractivity contribution in [3.8, 4) is 0 Å². The molecule has 0 spiro atoms. The van der Waals surface area contributed by atoms with Crippen LogP contribution in [0.3, 0.4) is 0 Å². The van der Waals surface area contributed by atoms with Crippen molar-refractivity contribution in [1.82, 2.24) is 0 Å². The minimum Gasteiger partial charge on any atom is -0.397 e. The summed E-state index contributed by atoms with van der Waals surface area (Å²) in [5.74, 6) is 0. The Morgan fingerprint density at radius 1 is 0.867 bits per heavy atom. The van der Waals surface area contributed by atoms with E-state index in [4.69, 9.17) is 17.1 Å². The van der Waals surface area contributed by atoms with E-state index < -0.39 is 33.7 Å². The Balaban J connectivity index is 2.46. The summed E-state index contributed by atoms with van der Waals surface area (Å²) in [7, 11) is -9.13. The fourth-order valence-corrected chi connectivity index (χ4v) is 4.46. The van der Waals surface area contributed by atoms with Gasteiger partial charge in [-0.1, -0.05) is 48.6 Å². The Morgan fingerprint density at radius 2 is 1.27 bits per heavy atom. The van der Waals surface area contributed by atoms with Gasteiger partial charge in [-0.2, -0.15) is 0 Å². The Morgan fingerprint density at radius 3 is 1.60 bits per heavy atom. The van der Waals surface area contributed by atoms with Gasteiger partial charge in [0.15, 0.2) is 0 Å². The molecule has 0 aromatic carbocycles. The average Bonchev–Trinajstić information content (AvgIpc) is 2.98. The highest BCUT2D eigenvalue weighted by Crippen LogP contribution is 2.41. The molecule has 0 amide bonds. The van der Waals surface area contributed by atoms with Crippen molar-refractivity contribution >= 4 is 8.56 Å². The van der Waals surface area contributed by atoms with Crippen LogP contribution in [0.2, 0.25) is 11.1 Å². The van der Waals surface area contributed by atoms with Gasteiger partial charge in [0.1, 0.15) is 0 Å². The maximum atomic E-state index is 7.41. The second-order valence-corrected chi connectivity index (χ2v) is 6.70. The first-order valence-corrected chi connectivity index (χ1v) is 6.70. The first-order chi connectivity index (χ1) is 9.62. The van der Waals surface area contributed by atoms with Gasteiger partial charge in [-0.25, -0.2) is 0 Å². The third kappa shape index (κ3) is 1.67. The topological polar surface area (TPSA) is 18.5 Å². The molecule has 0 aromatic rings. The van der Waals surface area contributed by atoms with Crippen LogP contribution in [0.5, 0.6) is 0 Å². The minimum atomic E-state index is -3.67. The molecule has 0 saturated carbocycles. The number of allylic oxidation sites excluding steroid dienone is 8. The molecule has 0 N–H and O–H groups in total. The maximum Gasteiger partial charge on any atom is 0.359 e. The van der Waals surface area contributed by atoms with E-state index in [0.717, 1.165) is 0 Å². The van der Waals surface area contributed by atoms with Gasteiger partial charge in [-0.05, 0) is 0 Å². The molecule has 0 bridgehead atoms. The van der Waals surface area contributed by atoms with Crippen LogP contribution in [0.15, 0.2) is 48.6 Å². The van der Waals surface area contributed by atoms with Crippen molar-refractivity contribution in [1.29, 1.82) is 0 Å². The van der Waals surface area contributed by atoms with Crippen molar-refractivity contribution in [2.24, 2.45) is 0 Å². The van der Waals surface area contributed by atoms with Crippen molar-refractivity contribution in [3.63, 3.8) is 0 Å². The zero-order valence-electron chi connectivity index (χ0n) is 14.1. The molecule has 0 radical (unpaired) electrons. The van der Waals surface area contributed by atoms with Crippen molar-refractivity contribution in [3.05, 3.63) is 48.6 Å². The molecule has 15 heavy (non-hydrogen) atoms. The third-order valence-electron chi connectivity index (χ3n) is 2.74. The quantitative estimate of drug-likeness (QED) is 0.686. The molecule has 2 aliphatic rings. The smallest absolute Gasteiger partial charge is 0.359 e. The van der Waals surface area contributed by atoms with Gasteiger partial charge in [0.25, 0.3) is 0 Å². The summed E-state index contributed by atoms with van der Waals surface area (Å²) >= 11 is 0. The van der Waals surface area contributed by atoms with Crippen LogP contribution < -0.4 is 0 Å². The minimum absolute atomic E-state index is 0.476. The SMILES string of the molecule is [2H]C([2H])([2H])O[Si](OC([2H])([2H])[2H])(C1C=CC=C1)C1C=CC=C1. The molecule has 3 heteroatoms. The lowest BCUT2D eigenvalue weighted by Crippen LogP contribution is -2.47.